The second-order valence-electron chi connectivity index (χ2n) is 5.06. The van der Waals surface area contributed by atoms with Crippen LogP contribution in [0.2, 0.25) is 10.0 Å². The minimum Gasteiger partial charge on any atom is -0.334 e. The van der Waals surface area contributed by atoms with Gasteiger partial charge in [0.15, 0.2) is 0 Å². The van der Waals surface area contributed by atoms with Gasteiger partial charge in [0.05, 0.1) is 9.95 Å². The topological polar surface area (TPSA) is 93.0 Å². The molecule has 0 unspecified atom stereocenters. The molecule has 2 aromatic carbocycles. The average molecular weight is 394 g/mol. The fourth-order valence-corrected chi connectivity index (χ4v) is 2.42. The van der Waals surface area contributed by atoms with Crippen molar-refractivity contribution in [2.24, 2.45) is 0 Å². The molecule has 132 valence electrons. The maximum atomic E-state index is 13.3. The zero-order chi connectivity index (χ0) is 18.7. The highest BCUT2D eigenvalue weighted by Crippen LogP contribution is 2.33. The van der Waals surface area contributed by atoms with Crippen molar-refractivity contribution in [3.63, 3.8) is 0 Å². The van der Waals surface area contributed by atoms with Crippen LogP contribution in [0, 0.1) is 15.9 Å². The van der Waals surface area contributed by atoms with Crippen LogP contribution in [0.4, 0.5) is 33.1 Å². The Morgan fingerprint density at radius 1 is 0.962 bits per heavy atom. The van der Waals surface area contributed by atoms with Gasteiger partial charge < -0.3 is 10.6 Å². The van der Waals surface area contributed by atoms with E-state index < -0.39 is 10.7 Å². The van der Waals surface area contributed by atoms with Gasteiger partial charge in [-0.15, -0.1) is 0 Å². The molecule has 0 atom stereocenters. The number of nitrogens with zero attached hydrogens (tertiary/aromatic N) is 3. The third kappa shape index (κ3) is 3.98. The van der Waals surface area contributed by atoms with Gasteiger partial charge in [0.25, 0.3) is 0 Å². The number of nitro groups is 1. The van der Waals surface area contributed by atoms with Crippen LogP contribution < -0.4 is 10.6 Å². The Hall–Kier alpha value is -2.97. The fraction of sp³-hybridized carbons (Fsp3) is 0. The molecule has 0 aliphatic rings. The van der Waals surface area contributed by atoms with Crippen LogP contribution in [-0.2, 0) is 0 Å². The number of hydrogen-bond donors (Lipinski definition) is 2. The Labute approximate surface area is 157 Å². The smallest absolute Gasteiger partial charge is 0.334 e. The summed E-state index contributed by atoms with van der Waals surface area (Å²) in [5, 5.41) is 17.6. The van der Waals surface area contributed by atoms with E-state index in [-0.39, 0.29) is 22.3 Å². The first-order valence-corrected chi connectivity index (χ1v) is 7.93. The molecular formula is C16H10Cl2FN5O2. The number of benzene rings is 2. The molecule has 26 heavy (non-hydrogen) atoms. The quantitative estimate of drug-likeness (QED) is 0.450. The molecule has 3 rings (SSSR count). The van der Waals surface area contributed by atoms with E-state index in [1.807, 2.05) is 0 Å². The maximum absolute atomic E-state index is 13.3. The summed E-state index contributed by atoms with van der Waals surface area (Å²) < 4.78 is 13.3. The zero-order valence-electron chi connectivity index (χ0n) is 12.9. The molecule has 0 bridgehead atoms. The number of anilines is 4. The monoisotopic (exact) mass is 393 g/mol. The van der Waals surface area contributed by atoms with E-state index in [0.29, 0.717) is 16.4 Å². The molecule has 3 aromatic rings. The van der Waals surface area contributed by atoms with Crippen molar-refractivity contribution < 1.29 is 9.31 Å². The third-order valence-corrected chi connectivity index (χ3v) is 3.84. The van der Waals surface area contributed by atoms with Gasteiger partial charge in [-0.1, -0.05) is 23.2 Å². The van der Waals surface area contributed by atoms with Gasteiger partial charge in [0.2, 0.25) is 11.6 Å². The maximum Gasteiger partial charge on any atom is 0.353 e. The van der Waals surface area contributed by atoms with Gasteiger partial charge in [-0.25, -0.2) is 14.4 Å². The summed E-state index contributed by atoms with van der Waals surface area (Å²) in [4.78, 5) is 18.7. The standard InChI is InChI=1S/C16H10Cl2FN5O2/c17-9-1-3-10(4-2-9)22-15-14(24(25)26)16(21-8-20-15)23-11-5-6-13(19)12(18)7-11/h1-8H,(H2,20,21,22,23). The molecule has 0 saturated carbocycles. The van der Waals surface area contributed by atoms with Crippen LogP contribution >= 0.6 is 23.2 Å². The Bertz CT molecular complexity index is 969. The van der Waals surface area contributed by atoms with E-state index in [2.05, 4.69) is 20.6 Å². The van der Waals surface area contributed by atoms with Crippen molar-refractivity contribution in [2.75, 3.05) is 10.6 Å². The van der Waals surface area contributed by atoms with Gasteiger partial charge in [0.1, 0.15) is 12.1 Å². The van der Waals surface area contributed by atoms with Crippen molar-refractivity contribution in [3.8, 4) is 0 Å². The summed E-state index contributed by atoms with van der Waals surface area (Å²) in [5.41, 5.74) is 0.533. The van der Waals surface area contributed by atoms with Gasteiger partial charge in [0, 0.05) is 16.4 Å². The molecule has 0 saturated heterocycles. The van der Waals surface area contributed by atoms with Gasteiger partial charge in [-0.2, -0.15) is 0 Å². The predicted octanol–water partition coefficient (Wildman–Crippen LogP) is 5.32. The van der Waals surface area contributed by atoms with Crippen LogP contribution in [0.1, 0.15) is 0 Å². The number of nitrogens with one attached hydrogen (secondary N) is 2. The molecule has 2 N–H and O–H groups in total. The molecule has 0 radical (unpaired) electrons. The number of rotatable bonds is 5. The molecule has 0 amide bonds. The molecule has 7 nitrogen and oxygen atoms in total. The minimum absolute atomic E-state index is 0.0111. The lowest BCUT2D eigenvalue weighted by Gasteiger charge is -2.10. The Kier molecular flexibility index (Phi) is 5.15. The van der Waals surface area contributed by atoms with Gasteiger partial charge in [-0.3, -0.25) is 10.1 Å². The van der Waals surface area contributed by atoms with Crippen LogP contribution in [0.25, 0.3) is 0 Å². The highest BCUT2D eigenvalue weighted by molar-refractivity contribution is 6.31. The lowest BCUT2D eigenvalue weighted by Crippen LogP contribution is -2.05. The van der Waals surface area contributed by atoms with Crippen molar-refractivity contribution in [1.82, 2.24) is 9.97 Å². The SMILES string of the molecule is O=[N+]([O-])c1c(Nc2ccc(Cl)cc2)ncnc1Nc1ccc(F)c(Cl)c1. The van der Waals surface area contributed by atoms with Crippen LogP contribution in [0.5, 0.6) is 0 Å². The average Bonchev–Trinajstić information content (AvgIpc) is 2.60. The van der Waals surface area contributed by atoms with Crippen LogP contribution in [-0.4, -0.2) is 14.9 Å². The van der Waals surface area contributed by atoms with E-state index in [1.54, 1.807) is 24.3 Å². The molecular weight excluding hydrogens is 384 g/mol. The van der Waals surface area contributed by atoms with E-state index in [0.717, 1.165) is 6.07 Å². The first-order valence-electron chi connectivity index (χ1n) is 7.18. The van der Waals surface area contributed by atoms with Crippen LogP contribution in [0.15, 0.2) is 48.8 Å². The van der Waals surface area contributed by atoms with Crippen LogP contribution in [0.3, 0.4) is 0 Å². The molecule has 0 spiro atoms. The second-order valence-corrected chi connectivity index (χ2v) is 5.91. The number of hydrogen-bond acceptors (Lipinski definition) is 6. The Morgan fingerprint density at radius 3 is 2.12 bits per heavy atom. The fourth-order valence-electron chi connectivity index (χ4n) is 2.12. The van der Waals surface area contributed by atoms with Gasteiger partial charge in [-0.05, 0) is 42.5 Å². The largest absolute Gasteiger partial charge is 0.353 e. The summed E-state index contributed by atoms with van der Waals surface area (Å²) in [6.45, 7) is 0. The molecule has 0 aliphatic carbocycles. The number of aromatic nitrogens is 2. The molecule has 10 heteroatoms. The Balaban J connectivity index is 1.96. The van der Waals surface area contributed by atoms with Crippen molar-refractivity contribution >= 4 is 51.9 Å². The predicted molar refractivity (Wildman–Crippen MR) is 98.1 cm³/mol. The highest BCUT2D eigenvalue weighted by Gasteiger charge is 2.23. The highest BCUT2D eigenvalue weighted by atomic mass is 35.5. The summed E-state index contributed by atoms with van der Waals surface area (Å²) in [7, 11) is 0. The normalized spacial score (nSPS) is 10.4. The molecule has 1 aromatic heterocycles. The van der Waals surface area contributed by atoms with E-state index in [4.69, 9.17) is 23.2 Å². The van der Waals surface area contributed by atoms with E-state index in [1.165, 1.54) is 18.5 Å². The second kappa shape index (κ2) is 7.51. The number of halogens is 3. The lowest BCUT2D eigenvalue weighted by molar-refractivity contribution is -0.383. The third-order valence-electron chi connectivity index (χ3n) is 3.29. The first-order chi connectivity index (χ1) is 12.4. The van der Waals surface area contributed by atoms with Crippen molar-refractivity contribution in [2.45, 2.75) is 0 Å². The summed E-state index contributed by atoms with van der Waals surface area (Å²) in [5.74, 6) is -0.674. The van der Waals surface area contributed by atoms with E-state index in [9.17, 15) is 14.5 Å². The van der Waals surface area contributed by atoms with Crippen molar-refractivity contribution in [1.29, 1.82) is 0 Å². The minimum atomic E-state index is -0.619. The summed E-state index contributed by atoms with van der Waals surface area (Å²) in [6, 6.07) is 10.4. The first kappa shape index (κ1) is 17.8. The van der Waals surface area contributed by atoms with Crippen molar-refractivity contribution in [3.05, 3.63) is 74.8 Å². The summed E-state index contributed by atoms with van der Waals surface area (Å²) in [6.07, 6.45) is 1.17. The zero-order valence-corrected chi connectivity index (χ0v) is 14.4. The summed E-state index contributed by atoms with van der Waals surface area (Å²) >= 11 is 11.6. The lowest BCUT2D eigenvalue weighted by atomic mass is 10.3. The molecule has 0 aliphatic heterocycles. The van der Waals surface area contributed by atoms with Gasteiger partial charge >= 0.3 is 5.69 Å². The Morgan fingerprint density at radius 2 is 1.54 bits per heavy atom. The van der Waals surface area contributed by atoms with E-state index >= 15 is 0 Å². The molecule has 1 heterocycles. The molecule has 0 fully saturated rings.